The zero-order valence-electron chi connectivity index (χ0n) is 21.5. The number of ether oxygens (including phenoxy) is 3. The summed E-state index contributed by atoms with van der Waals surface area (Å²) in [4.78, 5) is 29.5. The van der Waals surface area contributed by atoms with Crippen molar-refractivity contribution in [3.8, 4) is 17.2 Å². The van der Waals surface area contributed by atoms with E-state index in [4.69, 9.17) is 26.4 Å². The summed E-state index contributed by atoms with van der Waals surface area (Å²) in [6, 6.07) is 19.8. The van der Waals surface area contributed by atoms with Crippen molar-refractivity contribution < 1.29 is 23.8 Å². The summed E-state index contributed by atoms with van der Waals surface area (Å²) in [5.41, 5.74) is 2.82. The van der Waals surface area contributed by atoms with Gasteiger partial charge in [-0.15, -0.1) is 0 Å². The smallest absolute Gasteiger partial charge is 0.257 e. The van der Waals surface area contributed by atoms with E-state index in [9.17, 15) is 9.59 Å². The minimum Gasteiger partial charge on any atom is -0.497 e. The number of thiocarbonyl (C=S) groups is 1. The Morgan fingerprint density at radius 3 is 1.87 bits per heavy atom. The van der Waals surface area contributed by atoms with Gasteiger partial charge in [0.1, 0.15) is 17.2 Å². The van der Waals surface area contributed by atoms with Crippen LogP contribution in [0.3, 0.4) is 0 Å². The Labute approximate surface area is 227 Å². The molecule has 0 spiro atoms. The first kappa shape index (κ1) is 26.7. The van der Waals surface area contributed by atoms with Crippen molar-refractivity contribution in [2.75, 3.05) is 57.7 Å². The Hall–Kier alpha value is -4.31. The molecular weight excluding hydrogens is 504 g/mol. The number of carbonyl (C=O) groups excluding carboxylic acids is 2. The Balaban J connectivity index is 1.29. The second-order valence-electron chi connectivity index (χ2n) is 8.56. The number of benzene rings is 3. The van der Waals surface area contributed by atoms with Crippen LogP contribution in [0.5, 0.6) is 17.2 Å². The number of nitrogens with zero attached hydrogens (tertiary/aromatic N) is 2. The van der Waals surface area contributed by atoms with E-state index in [0.29, 0.717) is 54.6 Å². The van der Waals surface area contributed by atoms with E-state index in [1.165, 1.54) is 0 Å². The lowest BCUT2D eigenvalue weighted by Gasteiger charge is -2.36. The van der Waals surface area contributed by atoms with Crippen LogP contribution in [0.25, 0.3) is 0 Å². The number of piperazine rings is 1. The molecule has 0 bridgehead atoms. The minimum absolute atomic E-state index is 0.0494. The van der Waals surface area contributed by atoms with Crippen molar-refractivity contribution in [2.45, 2.75) is 0 Å². The molecule has 1 saturated heterocycles. The van der Waals surface area contributed by atoms with E-state index >= 15 is 0 Å². The van der Waals surface area contributed by atoms with Gasteiger partial charge >= 0.3 is 0 Å². The summed E-state index contributed by atoms with van der Waals surface area (Å²) < 4.78 is 15.7. The molecule has 198 valence electrons. The van der Waals surface area contributed by atoms with Crippen molar-refractivity contribution >= 4 is 40.5 Å². The van der Waals surface area contributed by atoms with Gasteiger partial charge in [0.15, 0.2) is 5.11 Å². The van der Waals surface area contributed by atoms with Crippen molar-refractivity contribution in [1.29, 1.82) is 0 Å². The predicted octanol–water partition coefficient (Wildman–Crippen LogP) is 3.80. The molecule has 0 aliphatic carbocycles. The van der Waals surface area contributed by atoms with Crippen LogP contribution in [0.4, 0.5) is 11.4 Å². The molecule has 1 fully saturated rings. The average molecular weight is 535 g/mol. The van der Waals surface area contributed by atoms with Gasteiger partial charge in [0.25, 0.3) is 11.8 Å². The Kier molecular flexibility index (Phi) is 8.65. The third-order valence-electron chi connectivity index (χ3n) is 6.23. The van der Waals surface area contributed by atoms with Gasteiger partial charge in [-0.05, 0) is 72.9 Å². The van der Waals surface area contributed by atoms with E-state index < -0.39 is 0 Å². The lowest BCUT2D eigenvalue weighted by Crippen LogP contribution is -2.48. The maximum atomic E-state index is 13.1. The fourth-order valence-corrected chi connectivity index (χ4v) is 4.33. The van der Waals surface area contributed by atoms with Crippen LogP contribution in [-0.4, -0.2) is 69.3 Å². The molecule has 2 amide bonds. The minimum atomic E-state index is -0.304. The molecule has 0 saturated carbocycles. The van der Waals surface area contributed by atoms with Gasteiger partial charge in [0, 0.05) is 54.7 Å². The van der Waals surface area contributed by atoms with Gasteiger partial charge in [-0.25, -0.2) is 0 Å². The Morgan fingerprint density at radius 1 is 0.737 bits per heavy atom. The zero-order valence-corrected chi connectivity index (χ0v) is 22.3. The highest BCUT2D eigenvalue weighted by Gasteiger charge is 2.23. The molecule has 0 radical (unpaired) electrons. The molecule has 0 aromatic heterocycles. The molecule has 9 nitrogen and oxygen atoms in total. The van der Waals surface area contributed by atoms with Gasteiger partial charge < -0.3 is 29.3 Å². The van der Waals surface area contributed by atoms with Gasteiger partial charge in [0.2, 0.25) is 0 Å². The molecule has 4 rings (SSSR count). The maximum Gasteiger partial charge on any atom is 0.257 e. The predicted molar refractivity (Wildman–Crippen MR) is 151 cm³/mol. The monoisotopic (exact) mass is 534 g/mol. The maximum absolute atomic E-state index is 13.1. The molecule has 38 heavy (non-hydrogen) atoms. The third kappa shape index (κ3) is 6.51. The SMILES string of the molecule is COc1ccc(C(=O)NC(=S)Nc2ccc(N3CCN(C(=O)c4cc(OC)cc(OC)c4)CC3)cc2)cc1. The van der Waals surface area contributed by atoms with Gasteiger partial charge in [-0.1, -0.05) is 0 Å². The molecule has 1 aliphatic heterocycles. The van der Waals surface area contributed by atoms with Crippen LogP contribution >= 0.6 is 12.2 Å². The van der Waals surface area contributed by atoms with Crippen LogP contribution in [0.1, 0.15) is 20.7 Å². The number of anilines is 2. The molecule has 3 aromatic carbocycles. The number of hydrogen-bond acceptors (Lipinski definition) is 7. The first-order chi connectivity index (χ1) is 18.4. The highest BCUT2D eigenvalue weighted by atomic mass is 32.1. The van der Waals surface area contributed by atoms with Crippen LogP contribution in [0.2, 0.25) is 0 Å². The highest BCUT2D eigenvalue weighted by molar-refractivity contribution is 7.80. The van der Waals surface area contributed by atoms with Crippen molar-refractivity contribution in [3.05, 3.63) is 77.9 Å². The molecule has 0 unspecified atom stereocenters. The molecule has 0 atom stereocenters. The molecule has 1 aliphatic rings. The molecular formula is C28H30N4O5S. The summed E-state index contributed by atoms with van der Waals surface area (Å²) in [5, 5.41) is 5.93. The number of carbonyl (C=O) groups is 2. The van der Waals surface area contributed by atoms with E-state index in [0.717, 1.165) is 11.4 Å². The lowest BCUT2D eigenvalue weighted by molar-refractivity contribution is 0.0745. The van der Waals surface area contributed by atoms with Crippen LogP contribution < -0.4 is 29.7 Å². The first-order valence-corrected chi connectivity index (χ1v) is 12.4. The summed E-state index contributed by atoms with van der Waals surface area (Å²) >= 11 is 5.30. The Bertz CT molecular complexity index is 1270. The van der Waals surface area contributed by atoms with Crippen LogP contribution in [-0.2, 0) is 0 Å². The van der Waals surface area contributed by atoms with Gasteiger partial charge in [-0.3, -0.25) is 14.9 Å². The van der Waals surface area contributed by atoms with E-state index in [2.05, 4.69) is 15.5 Å². The number of methoxy groups -OCH3 is 3. The van der Waals surface area contributed by atoms with Crippen molar-refractivity contribution in [3.63, 3.8) is 0 Å². The average Bonchev–Trinajstić information content (AvgIpc) is 2.96. The highest BCUT2D eigenvalue weighted by Crippen LogP contribution is 2.25. The van der Waals surface area contributed by atoms with Crippen molar-refractivity contribution in [1.82, 2.24) is 10.2 Å². The standard InChI is InChI=1S/C28H30N4O5S/c1-35-23-10-4-19(5-11-23)26(33)30-28(38)29-21-6-8-22(9-7-21)31-12-14-32(15-13-31)27(34)20-16-24(36-2)18-25(17-20)37-3/h4-11,16-18H,12-15H2,1-3H3,(H2,29,30,33,38). The van der Waals surface area contributed by atoms with Crippen LogP contribution in [0.15, 0.2) is 66.7 Å². The third-order valence-corrected chi connectivity index (χ3v) is 6.44. The largest absolute Gasteiger partial charge is 0.497 e. The molecule has 2 N–H and O–H groups in total. The van der Waals surface area contributed by atoms with E-state index in [-0.39, 0.29) is 16.9 Å². The van der Waals surface area contributed by atoms with Crippen molar-refractivity contribution in [2.24, 2.45) is 0 Å². The number of hydrogen-bond donors (Lipinski definition) is 2. The second kappa shape index (κ2) is 12.3. The molecule has 3 aromatic rings. The Morgan fingerprint density at radius 2 is 1.32 bits per heavy atom. The fourth-order valence-electron chi connectivity index (χ4n) is 4.12. The zero-order chi connectivity index (χ0) is 27.1. The summed E-state index contributed by atoms with van der Waals surface area (Å²) in [5.74, 6) is 1.49. The van der Waals surface area contributed by atoms with Crippen LogP contribution in [0, 0.1) is 0 Å². The second-order valence-corrected chi connectivity index (χ2v) is 8.97. The summed E-state index contributed by atoms with van der Waals surface area (Å²) in [6.45, 7) is 2.60. The fraction of sp³-hybridized carbons (Fsp3) is 0.250. The summed E-state index contributed by atoms with van der Waals surface area (Å²) in [7, 11) is 4.70. The first-order valence-electron chi connectivity index (χ1n) is 12.0. The van der Waals surface area contributed by atoms with E-state index in [1.807, 2.05) is 29.2 Å². The normalized spacial score (nSPS) is 12.9. The number of amides is 2. The van der Waals surface area contributed by atoms with Gasteiger partial charge in [0.05, 0.1) is 21.3 Å². The topological polar surface area (TPSA) is 92.4 Å². The van der Waals surface area contributed by atoms with Gasteiger partial charge in [-0.2, -0.15) is 0 Å². The number of nitrogens with one attached hydrogen (secondary N) is 2. The quantitative estimate of drug-likeness (QED) is 0.443. The van der Waals surface area contributed by atoms with E-state index in [1.54, 1.807) is 63.8 Å². The number of rotatable bonds is 7. The summed E-state index contributed by atoms with van der Waals surface area (Å²) in [6.07, 6.45) is 0. The molecule has 1 heterocycles. The molecule has 10 heteroatoms. The lowest BCUT2D eigenvalue weighted by atomic mass is 10.1.